The molecule has 0 N–H and O–H groups in total. The maximum atomic E-state index is 3.16. The molecule has 0 aliphatic heterocycles. The first-order chi connectivity index (χ1) is 13.3. The summed E-state index contributed by atoms with van der Waals surface area (Å²) in [4.78, 5) is 0. The average Bonchev–Trinajstić information content (AvgIpc) is 3.36. The van der Waals surface area contributed by atoms with E-state index < -0.39 is 0 Å². The van der Waals surface area contributed by atoms with Gasteiger partial charge >= 0.3 is 26.2 Å². The molecule has 1 aliphatic rings. The summed E-state index contributed by atoms with van der Waals surface area (Å²) in [5.74, 6) is 0. The zero-order valence-electron chi connectivity index (χ0n) is 17.2. The van der Waals surface area contributed by atoms with Crippen molar-refractivity contribution < 1.29 is 51.0 Å². The molecule has 0 atom stereocenters. The van der Waals surface area contributed by atoms with Gasteiger partial charge in [0.2, 0.25) is 0 Å². The summed E-state index contributed by atoms with van der Waals surface area (Å²) in [5, 5.41) is 2.63. The number of hydrogen-bond donors (Lipinski definition) is 0. The molecule has 0 heterocycles. The van der Waals surface area contributed by atoms with Crippen molar-refractivity contribution in [3.63, 3.8) is 0 Å². The van der Waals surface area contributed by atoms with Crippen LogP contribution in [0, 0.1) is 6.08 Å². The summed E-state index contributed by atoms with van der Waals surface area (Å²) in [6.45, 7) is 4.31. The van der Waals surface area contributed by atoms with Crippen molar-refractivity contribution in [2.45, 2.75) is 19.5 Å². The molecule has 4 aromatic carbocycles. The monoisotopic (exact) mass is 524 g/mol. The predicted molar refractivity (Wildman–Crippen MR) is 120 cm³/mol. The third-order valence-corrected chi connectivity index (χ3v) is 4.33. The Morgan fingerprint density at radius 3 is 2.07 bits per heavy atom. The number of allylic oxidation sites excluding steroid dienone is 1. The van der Waals surface area contributed by atoms with E-state index in [1.807, 2.05) is 6.07 Å². The van der Waals surface area contributed by atoms with E-state index in [0.29, 0.717) is 0 Å². The van der Waals surface area contributed by atoms with Crippen molar-refractivity contribution in [3.8, 4) is 11.1 Å². The second kappa shape index (κ2) is 15.5. The normalized spacial score (nSPS) is 10.1. The van der Waals surface area contributed by atoms with Crippen LogP contribution in [0.25, 0.3) is 28.0 Å². The molecular formula is C26H24Cl2SiZr. The van der Waals surface area contributed by atoms with Crippen molar-refractivity contribution in [1.29, 1.82) is 0 Å². The molecule has 0 aromatic heterocycles. The van der Waals surface area contributed by atoms with Gasteiger partial charge in [-0.3, -0.25) is 6.08 Å². The Morgan fingerprint density at radius 2 is 1.40 bits per heavy atom. The summed E-state index contributed by atoms with van der Waals surface area (Å²) in [7, 11) is 1.08. The van der Waals surface area contributed by atoms with Gasteiger partial charge in [-0.15, -0.1) is 52.6 Å². The van der Waals surface area contributed by atoms with Crippen LogP contribution in [-0.4, -0.2) is 9.52 Å². The number of fused-ring (bicyclic) bond motifs is 2. The van der Waals surface area contributed by atoms with Gasteiger partial charge in [-0.1, -0.05) is 85.4 Å². The Bertz CT molecular complexity index is 977. The summed E-state index contributed by atoms with van der Waals surface area (Å²) < 4.78 is 0. The third kappa shape index (κ3) is 8.08. The molecule has 0 unspecified atom stereocenters. The van der Waals surface area contributed by atoms with E-state index in [2.05, 4.69) is 110 Å². The molecule has 4 heteroatoms. The second-order valence-corrected chi connectivity index (χ2v) is 7.46. The van der Waals surface area contributed by atoms with Crippen LogP contribution in [0.15, 0.2) is 91.0 Å². The molecule has 30 heavy (non-hydrogen) atoms. The minimum Gasteiger partial charge on any atom is -1.00 e. The van der Waals surface area contributed by atoms with E-state index in [9.17, 15) is 0 Å². The fourth-order valence-corrected chi connectivity index (χ4v) is 3.05. The summed E-state index contributed by atoms with van der Waals surface area (Å²) in [6.07, 6.45) is 6.21. The van der Waals surface area contributed by atoms with Crippen LogP contribution in [0.4, 0.5) is 0 Å². The molecule has 5 rings (SSSR count). The molecule has 0 fully saturated rings. The van der Waals surface area contributed by atoms with E-state index in [-0.39, 0.29) is 51.0 Å². The zero-order chi connectivity index (χ0) is 18.9. The third-order valence-electron chi connectivity index (χ3n) is 4.33. The van der Waals surface area contributed by atoms with Crippen LogP contribution in [0.5, 0.6) is 0 Å². The van der Waals surface area contributed by atoms with Crippen molar-refractivity contribution in [2.75, 3.05) is 0 Å². The minimum atomic E-state index is 0. The van der Waals surface area contributed by atoms with Crippen molar-refractivity contribution in [2.24, 2.45) is 0 Å². The van der Waals surface area contributed by atoms with Gasteiger partial charge in [0.25, 0.3) is 0 Å². The first kappa shape index (κ1) is 28.7. The standard InChI is InChI=1S/C15H11.C9H7.C2H6Si.2ClH.Zr/c1-2-6-12(7-3-1)15-10-13-8-4-5-9-14(13)11-15;1-2-5-9-7-3-6-8(9)4-1;1-3-2;;;/h1-11H;1-2,4-6H,7H2;1-2H3;2*1H;/q2*-1;;;;+4/p-2. The summed E-state index contributed by atoms with van der Waals surface area (Å²) in [6, 6.07) is 31.8. The Labute approximate surface area is 214 Å². The van der Waals surface area contributed by atoms with Gasteiger partial charge in [-0.2, -0.15) is 5.56 Å². The van der Waals surface area contributed by atoms with Crippen LogP contribution < -0.4 is 24.8 Å². The molecule has 1 aliphatic carbocycles. The SMILES string of the molecule is C[Si]C.[C-]1=Cc2ccccc2C1.[Cl-].[Cl-].[Zr+4].c1ccc(-c2cc3ccccc3[cH-]2)cc1. The van der Waals surface area contributed by atoms with Gasteiger partial charge in [-0.05, 0) is 0 Å². The van der Waals surface area contributed by atoms with Gasteiger partial charge in [0.15, 0.2) is 0 Å². The van der Waals surface area contributed by atoms with Crippen LogP contribution in [0.3, 0.4) is 0 Å². The molecule has 0 spiro atoms. The summed E-state index contributed by atoms with van der Waals surface area (Å²) in [5.41, 5.74) is 5.32. The molecule has 0 bridgehead atoms. The van der Waals surface area contributed by atoms with E-state index in [1.54, 1.807) is 0 Å². The maximum Gasteiger partial charge on any atom is 4.00 e. The van der Waals surface area contributed by atoms with Gasteiger partial charge in [0.1, 0.15) is 0 Å². The molecule has 0 saturated heterocycles. The zero-order valence-corrected chi connectivity index (χ0v) is 22.2. The quantitative estimate of drug-likeness (QED) is 0.257. The molecule has 150 valence electrons. The van der Waals surface area contributed by atoms with Gasteiger partial charge < -0.3 is 24.8 Å². The Kier molecular flexibility index (Phi) is 14.8. The number of halogens is 2. The Hall–Kier alpha value is -1.31. The van der Waals surface area contributed by atoms with Gasteiger partial charge in [0.05, 0.1) is 0 Å². The molecular weight excluding hydrogens is 503 g/mol. The molecule has 0 saturated carbocycles. The smallest absolute Gasteiger partial charge is 1.00 e. The molecule has 2 radical (unpaired) electrons. The minimum absolute atomic E-state index is 0. The second-order valence-electron chi connectivity index (χ2n) is 6.46. The van der Waals surface area contributed by atoms with Crippen molar-refractivity contribution in [1.82, 2.24) is 0 Å². The average molecular weight is 527 g/mol. The predicted octanol–water partition coefficient (Wildman–Crippen LogP) is 1.08. The first-order valence-corrected chi connectivity index (χ1v) is 11.3. The number of hydrogen-bond acceptors (Lipinski definition) is 0. The van der Waals surface area contributed by atoms with Crippen LogP contribution in [-0.2, 0) is 32.6 Å². The fraction of sp³-hybridized carbons (Fsp3) is 0.115. The van der Waals surface area contributed by atoms with Crippen LogP contribution in [0.2, 0.25) is 13.1 Å². The largest absolute Gasteiger partial charge is 4.00 e. The summed E-state index contributed by atoms with van der Waals surface area (Å²) >= 11 is 0. The van der Waals surface area contributed by atoms with Gasteiger partial charge in [-0.25, -0.2) is 6.08 Å². The maximum absolute atomic E-state index is 3.16. The van der Waals surface area contributed by atoms with Crippen LogP contribution >= 0.6 is 0 Å². The number of benzene rings is 3. The molecule has 4 aromatic rings. The fourth-order valence-electron chi connectivity index (χ4n) is 3.05. The topological polar surface area (TPSA) is 0 Å². The van der Waals surface area contributed by atoms with Gasteiger partial charge in [0, 0.05) is 9.52 Å². The van der Waals surface area contributed by atoms with Crippen molar-refractivity contribution >= 4 is 26.4 Å². The van der Waals surface area contributed by atoms with E-state index in [0.717, 1.165) is 15.9 Å². The van der Waals surface area contributed by atoms with Crippen LogP contribution in [0.1, 0.15) is 11.1 Å². The van der Waals surface area contributed by atoms with E-state index in [4.69, 9.17) is 0 Å². The van der Waals surface area contributed by atoms with E-state index in [1.165, 1.54) is 33.0 Å². The Balaban J connectivity index is 0.000000488. The number of rotatable bonds is 1. The molecule has 0 nitrogen and oxygen atoms in total. The first-order valence-electron chi connectivity index (χ1n) is 9.25. The Morgan fingerprint density at radius 1 is 0.800 bits per heavy atom. The van der Waals surface area contributed by atoms with Crippen molar-refractivity contribution in [3.05, 3.63) is 108 Å². The van der Waals surface area contributed by atoms with E-state index >= 15 is 0 Å². The molecule has 0 amide bonds.